The minimum Gasteiger partial charge on any atom is -0.314 e. The first-order chi connectivity index (χ1) is 8.99. The van der Waals surface area contributed by atoms with Gasteiger partial charge in [0.15, 0.2) is 0 Å². The van der Waals surface area contributed by atoms with E-state index >= 15 is 0 Å². The summed E-state index contributed by atoms with van der Waals surface area (Å²) in [5.74, 6) is 1.44. The smallest absolute Gasteiger partial charge is 0.211 e. The molecular weight excluding hydrogens is 260 g/mol. The lowest BCUT2D eigenvalue weighted by Crippen LogP contribution is -2.44. The third-order valence-corrected chi connectivity index (χ3v) is 5.72. The maximum absolute atomic E-state index is 11.6. The van der Waals surface area contributed by atoms with Gasteiger partial charge in [-0.1, -0.05) is 19.8 Å². The van der Waals surface area contributed by atoms with Gasteiger partial charge in [0, 0.05) is 19.1 Å². The highest BCUT2D eigenvalue weighted by atomic mass is 32.2. The lowest BCUT2D eigenvalue weighted by atomic mass is 9.98. The Balaban J connectivity index is 1.75. The average molecular weight is 288 g/mol. The fourth-order valence-corrected chi connectivity index (χ4v) is 3.92. The molecule has 2 fully saturated rings. The first-order valence-corrected chi connectivity index (χ1v) is 9.52. The van der Waals surface area contributed by atoms with Gasteiger partial charge in [0.1, 0.15) is 0 Å². The number of nitrogens with one attached hydrogen (secondary N) is 1. The van der Waals surface area contributed by atoms with Crippen LogP contribution in [-0.2, 0) is 10.0 Å². The van der Waals surface area contributed by atoms with Gasteiger partial charge in [0.25, 0.3) is 0 Å². The summed E-state index contributed by atoms with van der Waals surface area (Å²) in [5.41, 5.74) is 0. The molecule has 0 amide bonds. The molecule has 19 heavy (non-hydrogen) atoms. The number of rotatable bonds is 7. The molecule has 1 saturated carbocycles. The number of hydrogen-bond donors (Lipinski definition) is 1. The van der Waals surface area contributed by atoms with Crippen LogP contribution in [0.2, 0.25) is 0 Å². The molecule has 0 aromatic carbocycles. The zero-order chi connectivity index (χ0) is 13.9. The van der Waals surface area contributed by atoms with Crippen molar-refractivity contribution in [3.05, 3.63) is 0 Å². The van der Waals surface area contributed by atoms with E-state index in [4.69, 9.17) is 0 Å². The highest BCUT2D eigenvalue weighted by molar-refractivity contribution is 7.88. The predicted octanol–water partition coefficient (Wildman–Crippen LogP) is 1.83. The summed E-state index contributed by atoms with van der Waals surface area (Å²) in [5, 5.41) is 3.66. The van der Waals surface area contributed by atoms with Crippen LogP contribution < -0.4 is 5.32 Å². The number of piperidine rings is 1. The Kier molecular flexibility index (Phi) is 5.26. The predicted molar refractivity (Wildman–Crippen MR) is 78.6 cm³/mol. The summed E-state index contributed by atoms with van der Waals surface area (Å²) in [6.07, 6.45) is 8.77. The van der Waals surface area contributed by atoms with Crippen LogP contribution in [0.5, 0.6) is 0 Å². The molecule has 0 aromatic rings. The maximum atomic E-state index is 11.6. The third kappa shape index (κ3) is 5.04. The molecule has 1 heterocycles. The van der Waals surface area contributed by atoms with Crippen LogP contribution in [0.25, 0.3) is 0 Å². The molecule has 1 aliphatic carbocycles. The summed E-state index contributed by atoms with van der Waals surface area (Å²) in [4.78, 5) is 0. The van der Waals surface area contributed by atoms with Gasteiger partial charge in [-0.15, -0.1) is 0 Å². The topological polar surface area (TPSA) is 49.4 Å². The van der Waals surface area contributed by atoms with E-state index in [1.807, 2.05) is 0 Å². The summed E-state index contributed by atoms with van der Waals surface area (Å²) >= 11 is 0. The molecule has 0 radical (unpaired) electrons. The minimum atomic E-state index is -3.01. The molecule has 1 aliphatic heterocycles. The van der Waals surface area contributed by atoms with Gasteiger partial charge in [-0.25, -0.2) is 12.7 Å². The lowest BCUT2D eigenvalue weighted by Gasteiger charge is -2.32. The Morgan fingerprint density at radius 3 is 2.58 bits per heavy atom. The SMILES string of the molecule is CCC(CC1CC1)NCC1CCCN(S(C)(=O)=O)C1. The van der Waals surface area contributed by atoms with Crippen LogP contribution in [0.1, 0.15) is 45.4 Å². The number of hydrogen-bond acceptors (Lipinski definition) is 3. The molecule has 2 rings (SSSR count). The van der Waals surface area contributed by atoms with E-state index in [1.165, 1.54) is 31.9 Å². The molecule has 4 nitrogen and oxygen atoms in total. The number of sulfonamides is 1. The molecule has 1 N–H and O–H groups in total. The second-order valence-electron chi connectivity index (χ2n) is 6.32. The summed E-state index contributed by atoms with van der Waals surface area (Å²) in [7, 11) is -3.01. The molecular formula is C14H28N2O2S. The lowest BCUT2D eigenvalue weighted by molar-refractivity contribution is 0.252. The summed E-state index contributed by atoms with van der Waals surface area (Å²) in [6.45, 7) is 4.61. The van der Waals surface area contributed by atoms with E-state index in [9.17, 15) is 8.42 Å². The van der Waals surface area contributed by atoms with Crippen LogP contribution in [-0.4, -0.2) is 44.7 Å². The second kappa shape index (κ2) is 6.55. The fraction of sp³-hybridized carbons (Fsp3) is 1.00. The highest BCUT2D eigenvalue weighted by Crippen LogP contribution is 2.34. The Bertz CT molecular complexity index is 379. The molecule has 2 aliphatic rings. The standard InChI is InChI=1S/C14H28N2O2S/c1-3-14(9-12-6-7-12)15-10-13-5-4-8-16(11-13)19(2,17)18/h12-15H,3-11H2,1-2H3. The van der Waals surface area contributed by atoms with Gasteiger partial charge in [0.05, 0.1) is 6.26 Å². The Morgan fingerprint density at radius 1 is 1.26 bits per heavy atom. The molecule has 112 valence electrons. The molecule has 5 heteroatoms. The summed E-state index contributed by atoms with van der Waals surface area (Å²) in [6, 6.07) is 0.626. The quantitative estimate of drug-likeness (QED) is 0.777. The number of nitrogens with zero attached hydrogens (tertiary/aromatic N) is 1. The van der Waals surface area contributed by atoms with Gasteiger partial charge < -0.3 is 5.32 Å². The second-order valence-corrected chi connectivity index (χ2v) is 8.30. The average Bonchev–Trinajstić information content (AvgIpc) is 3.17. The normalized spacial score (nSPS) is 27.4. The largest absolute Gasteiger partial charge is 0.314 e. The van der Waals surface area contributed by atoms with Gasteiger partial charge in [0.2, 0.25) is 10.0 Å². The third-order valence-electron chi connectivity index (χ3n) is 4.45. The van der Waals surface area contributed by atoms with Crippen molar-refractivity contribution in [3.63, 3.8) is 0 Å². The van der Waals surface area contributed by atoms with E-state index in [0.29, 0.717) is 25.0 Å². The first kappa shape index (κ1) is 15.3. The van der Waals surface area contributed by atoms with Gasteiger partial charge >= 0.3 is 0 Å². The van der Waals surface area contributed by atoms with Crippen molar-refractivity contribution in [1.82, 2.24) is 9.62 Å². The van der Waals surface area contributed by atoms with Gasteiger partial charge in [-0.2, -0.15) is 0 Å². The van der Waals surface area contributed by atoms with Crippen molar-refractivity contribution in [1.29, 1.82) is 0 Å². The van der Waals surface area contributed by atoms with Crippen LogP contribution in [0.4, 0.5) is 0 Å². The van der Waals surface area contributed by atoms with E-state index < -0.39 is 10.0 Å². The van der Waals surface area contributed by atoms with Crippen LogP contribution >= 0.6 is 0 Å². The van der Waals surface area contributed by atoms with E-state index in [1.54, 1.807) is 4.31 Å². The van der Waals surface area contributed by atoms with E-state index in [-0.39, 0.29) is 0 Å². The first-order valence-electron chi connectivity index (χ1n) is 7.67. The van der Waals surface area contributed by atoms with Crippen molar-refractivity contribution in [3.8, 4) is 0 Å². The minimum absolute atomic E-state index is 0.483. The van der Waals surface area contributed by atoms with Gasteiger partial charge in [-0.3, -0.25) is 0 Å². The Hall–Kier alpha value is -0.130. The zero-order valence-electron chi connectivity index (χ0n) is 12.3. The fourth-order valence-electron chi connectivity index (χ4n) is 2.98. The Morgan fingerprint density at radius 2 is 2.00 bits per heavy atom. The Labute approximate surface area is 118 Å². The van der Waals surface area contributed by atoms with Crippen molar-refractivity contribution < 1.29 is 8.42 Å². The van der Waals surface area contributed by atoms with Crippen molar-refractivity contribution in [2.75, 3.05) is 25.9 Å². The molecule has 2 atom stereocenters. The van der Waals surface area contributed by atoms with Crippen LogP contribution in [0.3, 0.4) is 0 Å². The van der Waals surface area contributed by atoms with Gasteiger partial charge in [-0.05, 0) is 44.1 Å². The zero-order valence-corrected chi connectivity index (χ0v) is 13.1. The van der Waals surface area contributed by atoms with Crippen molar-refractivity contribution >= 4 is 10.0 Å². The van der Waals surface area contributed by atoms with Crippen LogP contribution in [0, 0.1) is 11.8 Å². The molecule has 0 spiro atoms. The van der Waals surface area contributed by atoms with Crippen molar-refractivity contribution in [2.24, 2.45) is 11.8 Å². The maximum Gasteiger partial charge on any atom is 0.211 e. The van der Waals surface area contributed by atoms with E-state index in [2.05, 4.69) is 12.2 Å². The van der Waals surface area contributed by atoms with Crippen molar-refractivity contribution in [2.45, 2.75) is 51.5 Å². The molecule has 0 bridgehead atoms. The molecule has 2 unspecified atom stereocenters. The summed E-state index contributed by atoms with van der Waals surface area (Å²) < 4.78 is 24.8. The highest BCUT2D eigenvalue weighted by Gasteiger charge is 2.27. The van der Waals surface area contributed by atoms with Crippen LogP contribution in [0.15, 0.2) is 0 Å². The van der Waals surface area contributed by atoms with E-state index in [0.717, 1.165) is 25.3 Å². The molecule has 0 aromatic heterocycles. The molecule has 1 saturated heterocycles. The monoisotopic (exact) mass is 288 g/mol.